The standard InChI is InChI=1S/C19H35N3O2S/c1-2-19-25(23,24)22(17-13-9-5-3-7-11-15-20)18-14-10-6-4-8-12-16-21/h2-14,17-19H2,1H3. The number of nitriles is 2. The summed E-state index contributed by atoms with van der Waals surface area (Å²) in [5, 5.41) is 17.0. The molecule has 0 aliphatic heterocycles. The SMILES string of the molecule is CCCS(=O)(=O)N(CCCCCCCC#N)CCCCCCCC#N. The summed E-state index contributed by atoms with van der Waals surface area (Å²) < 4.78 is 26.5. The molecule has 0 bridgehead atoms. The van der Waals surface area contributed by atoms with E-state index in [0.717, 1.165) is 64.2 Å². The van der Waals surface area contributed by atoms with Crippen molar-refractivity contribution in [1.29, 1.82) is 10.5 Å². The van der Waals surface area contributed by atoms with E-state index in [9.17, 15) is 8.42 Å². The zero-order valence-electron chi connectivity index (χ0n) is 15.9. The molecule has 5 nitrogen and oxygen atoms in total. The van der Waals surface area contributed by atoms with Crippen LogP contribution in [0.4, 0.5) is 0 Å². The second kappa shape index (κ2) is 16.4. The van der Waals surface area contributed by atoms with Crippen LogP contribution in [-0.4, -0.2) is 31.6 Å². The second-order valence-corrected chi connectivity index (χ2v) is 8.66. The van der Waals surface area contributed by atoms with Crippen molar-refractivity contribution in [3.05, 3.63) is 0 Å². The maximum absolute atomic E-state index is 12.4. The number of sulfonamides is 1. The minimum absolute atomic E-state index is 0.233. The van der Waals surface area contributed by atoms with Crippen molar-refractivity contribution in [2.75, 3.05) is 18.8 Å². The highest BCUT2D eigenvalue weighted by Crippen LogP contribution is 2.12. The van der Waals surface area contributed by atoms with E-state index in [2.05, 4.69) is 12.1 Å². The Hall–Kier alpha value is -1.11. The summed E-state index contributed by atoms with van der Waals surface area (Å²) in [6, 6.07) is 4.30. The van der Waals surface area contributed by atoms with Crippen molar-refractivity contribution < 1.29 is 8.42 Å². The third kappa shape index (κ3) is 13.8. The molecule has 0 aromatic heterocycles. The van der Waals surface area contributed by atoms with Gasteiger partial charge in [0.2, 0.25) is 10.0 Å². The van der Waals surface area contributed by atoms with Gasteiger partial charge in [0.25, 0.3) is 0 Å². The van der Waals surface area contributed by atoms with E-state index in [0.29, 0.717) is 32.4 Å². The van der Waals surface area contributed by atoms with Crippen molar-refractivity contribution >= 4 is 10.0 Å². The van der Waals surface area contributed by atoms with Gasteiger partial charge >= 0.3 is 0 Å². The van der Waals surface area contributed by atoms with E-state index in [-0.39, 0.29) is 5.75 Å². The van der Waals surface area contributed by atoms with Gasteiger partial charge in [0.15, 0.2) is 0 Å². The molecule has 0 radical (unpaired) electrons. The number of unbranched alkanes of at least 4 members (excludes halogenated alkanes) is 10. The van der Waals surface area contributed by atoms with Crippen molar-refractivity contribution in [1.82, 2.24) is 4.31 Å². The van der Waals surface area contributed by atoms with Crippen LogP contribution in [0.5, 0.6) is 0 Å². The van der Waals surface area contributed by atoms with Gasteiger partial charge in [0.05, 0.1) is 17.9 Å². The summed E-state index contributed by atoms with van der Waals surface area (Å²) in [4.78, 5) is 0. The number of nitrogens with zero attached hydrogens (tertiary/aromatic N) is 3. The molecule has 0 unspecified atom stereocenters. The van der Waals surface area contributed by atoms with E-state index in [1.165, 1.54) is 0 Å². The first kappa shape index (κ1) is 23.9. The molecule has 6 heteroatoms. The maximum atomic E-state index is 12.4. The molecule has 0 heterocycles. The van der Waals surface area contributed by atoms with E-state index in [4.69, 9.17) is 10.5 Å². The van der Waals surface area contributed by atoms with Crippen LogP contribution in [0.1, 0.15) is 90.4 Å². The molecular weight excluding hydrogens is 334 g/mol. The van der Waals surface area contributed by atoms with Gasteiger partial charge in [-0.1, -0.05) is 45.4 Å². The third-order valence-corrected chi connectivity index (χ3v) is 6.32. The predicted octanol–water partition coefficient (Wildman–Crippen LogP) is 4.76. The Kier molecular flexibility index (Phi) is 15.6. The van der Waals surface area contributed by atoms with Crippen LogP contribution in [0.25, 0.3) is 0 Å². The summed E-state index contributed by atoms with van der Waals surface area (Å²) in [5.74, 6) is 0.233. The molecule has 0 saturated carbocycles. The molecular formula is C19H35N3O2S. The molecule has 0 amide bonds. The summed E-state index contributed by atoms with van der Waals surface area (Å²) in [6.07, 6.45) is 11.9. The van der Waals surface area contributed by atoms with Gasteiger partial charge in [0, 0.05) is 25.9 Å². The van der Waals surface area contributed by atoms with Gasteiger partial charge in [-0.2, -0.15) is 10.5 Å². The van der Waals surface area contributed by atoms with Crippen LogP contribution in [0.3, 0.4) is 0 Å². The normalized spacial score (nSPS) is 11.4. The molecule has 0 aliphatic rings. The van der Waals surface area contributed by atoms with Gasteiger partial charge in [-0.3, -0.25) is 0 Å². The Balaban J connectivity index is 4.09. The molecule has 0 rings (SSSR count). The lowest BCUT2D eigenvalue weighted by Gasteiger charge is -2.22. The highest BCUT2D eigenvalue weighted by atomic mass is 32.2. The lowest BCUT2D eigenvalue weighted by atomic mass is 10.1. The minimum atomic E-state index is -3.13. The van der Waals surface area contributed by atoms with E-state index < -0.39 is 10.0 Å². The Morgan fingerprint density at radius 2 is 1.12 bits per heavy atom. The molecule has 0 aliphatic carbocycles. The summed E-state index contributed by atoms with van der Waals surface area (Å²) in [6.45, 7) is 3.14. The largest absolute Gasteiger partial charge is 0.214 e. The summed E-state index contributed by atoms with van der Waals surface area (Å²) in [5.41, 5.74) is 0. The van der Waals surface area contributed by atoms with Crippen LogP contribution in [-0.2, 0) is 10.0 Å². The quantitative estimate of drug-likeness (QED) is 0.346. The Morgan fingerprint density at radius 3 is 1.52 bits per heavy atom. The first-order valence-corrected chi connectivity index (χ1v) is 11.4. The zero-order valence-corrected chi connectivity index (χ0v) is 16.7. The van der Waals surface area contributed by atoms with E-state index in [1.54, 1.807) is 4.31 Å². The average Bonchev–Trinajstić information content (AvgIpc) is 2.58. The van der Waals surface area contributed by atoms with E-state index in [1.807, 2.05) is 6.92 Å². The lowest BCUT2D eigenvalue weighted by Crippen LogP contribution is -2.34. The van der Waals surface area contributed by atoms with Gasteiger partial charge in [-0.05, 0) is 32.1 Å². The van der Waals surface area contributed by atoms with Gasteiger partial charge in [-0.25, -0.2) is 12.7 Å². The fourth-order valence-corrected chi connectivity index (χ4v) is 4.41. The molecule has 144 valence electrons. The summed E-state index contributed by atoms with van der Waals surface area (Å²) in [7, 11) is -3.13. The molecule has 0 fully saturated rings. The Morgan fingerprint density at radius 1 is 0.720 bits per heavy atom. The molecule has 0 aromatic carbocycles. The van der Waals surface area contributed by atoms with Gasteiger partial charge in [-0.15, -0.1) is 0 Å². The number of hydrogen-bond acceptors (Lipinski definition) is 4. The fourth-order valence-electron chi connectivity index (χ4n) is 2.82. The Labute approximate surface area is 155 Å². The first-order valence-electron chi connectivity index (χ1n) is 9.80. The molecule has 0 spiro atoms. The topological polar surface area (TPSA) is 85.0 Å². The van der Waals surface area contributed by atoms with Crippen LogP contribution >= 0.6 is 0 Å². The smallest absolute Gasteiger partial charge is 0.212 e. The average molecular weight is 370 g/mol. The van der Waals surface area contributed by atoms with Crippen LogP contribution in [0.2, 0.25) is 0 Å². The molecule has 0 N–H and O–H groups in total. The number of rotatable bonds is 17. The van der Waals surface area contributed by atoms with E-state index >= 15 is 0 Å². The first-order chi connectivity index (χ1) is 12.1. The lowest BCUT2D eigenvalue weighted by molar-refractivity contribution is 0.383. The van der Waals surface area contributed by atoms with Gasteiger partial charge < -0.3 is 0 Å². The fraction of sp³-hybridized carbons (Fsp3) is 0.895. The van der Waals surface area contributed by atoms with Crippen molar-refractivity contribution in [3.63, 3.8) is 0 Å². The van der Waals surface area contributed by atoms with Crippen LogP contribution < -0.4 is 0 Å². The molecule has 25 heavy (non-hydrogen) atoms. The Bertz CT molecular complexity index is 464. The third-order valence-electron chi connectivity index (χ3n) is 4.25. The zero-order chi connectivity index (χ0) is 18.8. The van der Waals surface area contributed by atoms with Crippen LogP contribution in [0, 0.1) is 22.7 Å². The van der Waals surface area contributed by atoms with Crippen molar-refractivity contribution in [2.24, 2.45) is 0 Å². The van der Waals surface area contributed by atoms with Gasteiger partial charge in [0.1, 0.15) is 0 Å². The molecule has 0 saturated heterocycles. The molecule has 0 atom stereocenters. The highest BCUT2D eigenvalue weighted by molar-refractivity contribution is 7.89. The van der Waals surface area contributed by atoms with Crippen molar-refractivity contribution in [2.45, 2.75) is 90.4 Å². The highest BCUT2D eigenvalue weighted by Gasteiger charge is 2.19. The number of hydrogen-bond donors (Lipinski definition) is 0. The monoisotopic (exact) mass is 369 g/mol. The van der Waals surface area contributed by atoms with Crippen molar-refractivity contribution in [3.8, 4) is 12.1 Å². The summed E-state index contributed by atoms with van der Waals surface area (Å²) >= 11 is 0. The second-order valence-electron chi connectivity index (χ2n) is 6.57. The predicted molar refractivity (Wildman–Crippen MR) is 102 cm³/mol. The minimum Gasteiger partial charge on any atom is -0.212 e. The molecule has 0 aromatic rings. The maximum Gasteiger partial charge on any atom is 0.214 e. The van der Waals surface area contributed by atoms with Crippen LogP contribution in [0.15, 0.2) is 0 Å².